The van der Waals surface area contributed by atoms with E-state index in [4.69, 9.17) is 11.5 Å². The van der Waals surface area contributed by atoms with Crippen molar-refractivity contribution in [1.29, 1.82) is 0 Å². The van der Waals surface area contributed by atoms with Gasteiger partial charge in [0.05, 0.1) is 0 Å². The standard InChI is InChI=1S/C7H8N6/c8-5-4-6(9)13(12-5)7-10-2-1-3-11-7/h1-4H,9H2,(H2,8,12). The van der Waals surface area contributed by atoms with Gasteiger partial charge in [-0.2, -0.15) is 4.68 Å². The number of hydrogen-bond donors (Lipinski definition) is 2. The molecule has 0 aliphatic carbocycles. The molecule has 0 aliphatic heterocycles. The second kappa shape index (κ2) is 2.74. The van der Waals surface area contributed by atoms with Crippen molar-refractivity contribution >= 4 is 11.6 Å². The normalized spacial score (nSPS) is 10.2. The summed E-state index contributed by atoms with van der Waals surface area (Å²) in [6.07, 6.45) is 3.22. The molecule has 2 heterocycles. The van der Waals surface area contributed by atoms with E-state index in [0.717, 1.165) is 0 Å². The van der Waals surface area contributed by atoms with Gasteiger partial charge < -0.3 is 11.5 Å². The lowest BCUT2D eigenvalue weighted by atomic mass is 10.6. The maximum atomic E-state index is 5.61. The van der Waals surface area contributed by atoms with Crippen LogP contribution in [0.2, 0.25) is 0 Å². The Bertz CT molecular complexity index is 406. The molecule has 0 saturated carbocycles. The fourth-order valence-electron chi connectivity index (χ4n) is 0.976. The summed E-state index contributed by atoms with van der Waals surface area (Å²) in [6.45, 7) is 0. The van der Waals surface area contributed by atoms with Crippen molar-refractivity contribution in [3.63, 3.8) is 0 Å². The number of rotatable bonds is 1. The highest BCUT2D eigenvalue weighted by molar-refractivity contribution is 5.45. The molecular formula is C7H8N6. The van der Waals surface area contributed by atoms with Crippen molar-refractivity contribution < 1.29 is 0 Å². The molecule has 2 aromatic heterocycles. The summed E-state index contributed by atoms with van der Waals surface area (Å²) in [5.41, 5.74) is 11.1. The van der Waals surface area contributed by atoms with Crippen LogP contribution in [0.3, 0.4) is 0 Å². The summed E-state index contributed by atoms with van der Waals surface area (Å²) in [5.74, 6) is 1.19. The Balaban J connectivity index is 2.53. The first-order chi connectivity index (χ1) is 6.27. The summed E-state index contributed by atoms with van der Waals surface area (Å²) in [6, 6.07) is 3.27. The lowest BCUT2D eigenvalue weighted by Gasteiger charge is -1.98. The first-order valence-electron chi connectivity index (χ1n) is 3.66. The average Bonchev–Trinajstić information content (AvgIpc) is 2.47. The van der Waals surface area contributed by atoms with Crippen LogP contribution in [0.4, 0.5) is 11.6 Å². The fourth-order valence-corrected chi connectivity index (χ4v) is 0.976. The lowest BCUT2D eigenvalue weighted by molar-refractivity contribution is 0.821. The van der Waals surface area contributed by atoms with Gasteiger partial charge in [-0.1, -0.05) is 0 Å². The fraction of sp³-hybridized carbons (Fsp3) is 0. The third kappa shape index (κ3) is 1.28. The molecule has 6 heteroatoms. The van der Waals surface area contributed by atoms with Gasteiger partial charge in [-0.05, 0) is 6.07 Å². The van der Waals surface area contributed by atoms with E-state index < -0.39 is 0 Å². The average molecular weight is 176 g/mol. The first-order valence-corrected chi connectivity index (χ1v) is 3.66. The molecule has 2 rings (SSSR count). The molecule has 0 spiro atoms. The maximum Gasteiger partial charge on any atom is 0.252 e. The van der Waals surface area contributed by atoms with Crippen LogP contribution in [0.5, 0.6) is 0 Å². The van der Waals surface area contributed by atoms with E-state index in [-0.39, 0.29) is 0 Å². The minimum atomic E-state index is 0.352. The largest absolute Gasteiger partial charge is 0.383 e. The van der Waals surface area contributed by atoms with Crippen LogP contribution in [0, 0.1) is 0 Å². The van der Waals surface area contributed by atoms with Gasteiger partial charge >= 0.3 is 0 Å². The highest BCUT2D eigenvalue weighted by Gasteiger charge is 2.05. The Morgan fingerprint density at radius 2 is 1.85 bits per heavy atom. The Labute approximate surface area is 74.2 Å². The third-order valence-electron chi connectivity index (χ3n) is 1.50. The van der Waals surface area contributed by atoms with Crippen molar-refractivity contribution in [2.24, 2.45) is 0 Å². The second-order valence-corrected chi connectivity index (χ2v) is 2.45. The van der Waals surface area contributed by atoms with Crippen LogP contribution in [0.1, 0.15) is 0 Å². The van der Waals surface area contributed by atoms with E-state index in [0.29, 0.717) is 17.6 Å². The second-order valence-electron chi connectivity index (χ2n) is 2.45. The van der Waals surface area contributed by atoms with Crippen molar-refractivity contribution in [3.05, 3.63) is 24.5 Å². The molecular weight excluding hydrogens is 168 g/mol. The number of nitrogens with zero attached hydrogens (tertiary/aromatic N) is 4. The molecule has 0 aromatic carbocycles. The predicted octanol–water partition coefficient (Wildman–Crippen LogP) is -0.173. The maximum absolute atomic E-state index is 5.61. The van der Waals surface area contributed by atoms with Crippen molar-refractivity contribution in [2.45, 2.75) is 0 Å². The SMILES string of the molecule is Nc1cc(N)n(-c2ncccn2)n1. The summed E-state index contributed by atoms with van der Waals surface area (Å²) in [4.78, 5) is 7.95. The van der Waals surface area contributed by atoms with Gasteiger partial charge in [0.15, 0.2) is 0 Å². The number of anilines is 2. The molecule has 66 valence electrons. The van der Waals surface area contributed by atoms with E-state index in [2.05, 4.69) is 15.1 Å². The number of aromatic nitrogens is 4. The van der Waals surface area contributed by atoms with E-state index in [1.165, 1.54) is 4.68 Å². The third-order valence-corrected chi connectivity index (χ3v) is 1.50. The molecule has 13 heavy (non-hydrogen) atoms. The molecule has 6 nitrogen and oxygen atoms in total. The molecule has 0 aliphatic rings. The van der Waals surface area contributed by atoms with E-state index in [1.807, 2.05) is 0 Å². The van der Waals surface area contributed by atoms with Crippen LogP contribution >= 0.6 is 0 Å². The molecule has 0 saturated heterocycles. The van der Waals surface area contributed by atoms with E-state index >= 15 is 0 Å². The lowest BCUT2D eigenvalue weighted by Crippen LogP contribution is -2.05. The Morgan fingerprint density at radius 3 is 2.38 bits per heavy atom. The molecule has 0 unspecified atom stereocenters. The molecule has 0 radical (unpaired) electrons. The van der Waals surface area contributed by atoms with E-state index in [9.17, 15) is 0 Å². The summed E-state index contributed by atoms with van der Waals surface area (Å²) < 4.78 is 1.38. The van der Waals surface area contributed by atoms with Gasteiger partial charge in [0.2, 0.25) is 0 Å². The summed E-state index contributed by atoms with van der Waals surface area (Å²) in [5, 5.41) is 3.92. The highest BCUT2D eigenvalue weighted by atomic mass is 15.4. The van der Waals surface area contributed by atoms with Crippen LogP contribution in [0.25, 0.3) is 5.95 Å². The zero-order valence-corrected chi connectivity index (χ0v) is 6.75. The zero-order chi connectivity index (χ0) is 9.26. The monoisotopic (exact) mass is 176 g/mol. The minimum absolute atomic E-state index is 0.352. The van der Waals surface area contributed by atoms with Crippen LogP contribution in [-0.4, -0.2) is 19.7 Å². The van der Waals surface area contributed by atoms with Gasteiger partial charge in [0.1, 0.15) is 11.6 Å². The predicted molar refractivity (Wildman–Crippen MR) is 48.0 cm³/mol. The Hall–Kier alpha value is -2.11. The van der Waals surface area contributed by atoms with E-state index in [1.54, 1.807) is 24.5 Å². The van der Waals surface area contributed by atoms with Crippen LogP contribution < -0.4 is 11.5 Å². The number of nitrogens with two attached hydrogens (primary N) is 2. The molecule has 0 amide bonds. The molecule has 2 aromatic rings. The Kier molecular flexibility index (Phi) is 1.59. The van der Waals surface area contributed by atoms with Crippen molar-refractivity contribution in [2.75, 3.05) is 11.5 Å². The van der Waals surface area contributed by atoms with Crippen LogP contribution in [-0.2, 0) is 0 Å². The summed E-state index contributed by atoms with van der Waals surface area (Å²) in [7, 11) is 0. The first kappa shape index (κ1) is 7.53. The minimum Gasteiger partial charge on any atom is -0.383 e. The molecule has 0 fully saturated rings. The van der Waals surface area contributed by atoms with Gasteiger partial charge in [0.25, 0.3) is 5.95 Å². The highest BCUT2D eigenvalue weighted by Crippen LogP contribution is 2.10. The molecule has 0 bridgehead atoms. The zero-order valence-electron chi connectivity index (χ0n) is 6.75. The van der Waals surface area contributed by atoms with Gasteiger partial charge in [-0.15, -0.1) is 5.10 Å². The molecule has 4 N–H and O–H groups in total. The van der Waals surface area contributed by atoms with Gasteiger partial charge in [-0.3, -0.25) is 0 Å². The smallest absolute Gasteiger partial charge is 0.252 e. The number of nitrogen functional groups attached to an aromatic ring is 2. The van der Waals surface area contributed by atoms with Crippen molar-refractivity contribution in [1.82, 2.24) is 19.7 Å². The van der Waals surface area contributed by atoms with Gasteiger partial charge in [0, 0.05) is 18.5 Å². The van der Waals surface area contributed by atoms with Crippen molar-refractivity contribution in [3.8, 4) is 5.95 Å². The molecule has 0 atom stereocenters. The summed E-state index contributed by atoms with van der Waals surface area (Å²) >= 11 is 0. The number of hydrogen-bond acceptors (Lipinski definition) is 5. The topological polar surface area (TPSA) is 95.6 Å². The Morgan fingerprint density at radius 1 is 1.15 bits per heavy atom. The quantitative estimate of drug-likeness (QED) is 0.628. The van der Waals surface area contributed by atoms with Crippen LogP contribution in [0.15, 0.2) is 24.5 Å². The van der Waals surface area contributed by atoms with Gasteiger partial charge in [-0.25, -0.2) is 9.97 Å².